The molecule has 0 saturated carbocycles. The van der Waals surface area contributed by atoms with Gasteiger partial charge in [0.2, 0.25) is 0 Å². The SMILES string of the molecule is CCC1(P(=O)(OC)OC)COP1(=O)OC. The third kappa shape index (κ3) is 1.55. The first-order valence-corrected chi connectivity index (χ1v) is 7.56. The molecule has 6 nitrogen and oxygen atoms in total. The quantitative estimate of drug-likeness (QED) is 0.705. The lowest BCUT2D eigenvalue weighted by atomic mass is 10.3. The molecule has 8 heteroatoms. The molecule has 1 aliphatic heterocycles. The Kier molecular flexibility index (Phi) is 3.82. The maximum Gasteiger partial charge on any atom is 0.351 e. The predicted molar refractivity (Wildman–Crippen MR) is 55.2 cm³/mol. The van der Waals surface area contributed by atoms with Gasteiger partial charge in [0.25, 0.3) is 0 Å². The van der Waals surface area contributed by atoms with Crippen LogP contribution in [0.15, 0.2) is 0 Å². The Hall–Kier alpha value is 0.300. The number of hydrogen-bond acceptors (Lipinski definition) is 6. The summed E-state index contributed by atoms with van der Waals surface area (Å²) in [6.07, 6.45) is 0.344. The van der Waals surface area contributed by atoms with E-state index in [-0.39, 0.29) is 6.61 Å². The highest BCUT2D eigenvalue weighted by Gasteiger charge is 2.70. The number of rotatable bonds is 5. The molecule has 0 amide bonds. The molecule has 2 unspecified atom stereocenters. The van der Waals surface area contributed by atoms with E-state index in [0.29, 0.717) is 6.42 Å². The van der Waals surface area contributed by atoms with Gasteiger partial charge in [0.15, 0.2) is 4.90 Å². The van der Waals surface area contributed by atoms with E-state index in [9.17, 15) is 9.13 Å². The highest BCUT2D eigenvalue weighted by atomic mass is 31.2. The van der Waals surface area contributed by atoms with Gasteiger partial charge in [-0.25, -0.2) is 0 Å². The molecule has 1 aliphatic rings. The fourth-order valence-corrected chi connectivity index (χ4v) is 6.80. The minimum atomic E-state index is -3.47. The molecular weight excluding hydrogens is 242 g/mol. The van der Waals surface area contributed by atoms with E-state index in [1.54, 1.807) is 6.92 Å². The third-order valence-electron chi connectivity index (χ3n) is 2.77. The van der Waals surface area contributed by atoms with Crippen LogP contribution in [-0.4, -0.2) is 32.8 Å². The Morgan fingerprint density at radius 1 is 1.40 bits per heavy atom. The van der Waals surface area contributed by atoms with Gasteiger partial charge in [0.1, 0.15) is 0 Å². The van der Waals surface area contributed by atoms with Gasteiger partial charge < -0.3 is 18.1 Å². The highest BCUT2D eigenvalue weighted by molar-refractivity contribution is 7.75. The van der Waals surface area contributed by atoms with Crippen LogP contribution in [0.3, 0.4) is 0 Å². The van der Waals surface area contributed by atoms with Crippen LogP contribution in [0.1, 0.15) is 13.3 Å². The molecular formula is C7H16O6P2. The fraction of sp³-hybridized carbons (Fsp3) is 1.00. The molecule has 0 aromatic carbocycles. The van der Waals surface area contributed by atoms with Crippen molar-refractivity contribution in [2.45, 2.75) is 18.2 Å². The Morgan fingerprint density at radius 2 is 1.93 bits per heavy atom. The van der Waals surface area contributed by atoms with Gasteiger partial charge >= 0.3 is 15.2 Å². The van der Waals surface area contributed by atoms with Crippen molar-refractivity contribution in [2.75, 3.05) is 27.9 Å². The van der Waals surface area contributed by atoms with Crippen LogP contribution < -0.4 is 0 Å². The van der Waals surface area contributed by atoms with E-state index in [1.165, 1.54) is 21.3 Å². The van der Waals surface area contributed by atoms with Crippen LogP contribution in [0.2, 0.25) is 0 Å². The van der Waals surface area contributed by atoms with Gasteiger partial charge in [-0.05, 0) is 6.42 Å². The van der Waals surface area contributed by atoms with Crippen molar-refractivity contribution in [1.82, 2.24) is 0 Å². The molecule has 2 atom stereocenters. The first-order valence-electron chi connectivity index (χ1n) is 4.47. The number of hydrogen-bond donors (Lipinski definition) is 0. The smallest absolute Gasteiger partial charge is 0.311 e. The van der Waals surface area contributed by atoms with E-state index >= 15 is 0 Å². The van der Waals surface area contributed by atoms with Crippen LogP contribution in [0.5, 0.6) is 0 Å². The summed E-state index contributed by atoms with van der Waals surface area (Å²) in [5, 5.41) is 0. The second-order valence-electron chi connectivity index (χ2n) is 3.15. The van der Waals surface area contributed by atoms with Crippen LogP contribution in [0.4, 0.5) is 0 Å². The first kappa shape index (κ1) is 13.4. The van der Waals surface area contributed by atoms with Crippen molar-refractivity contribution in [3.8, 4) is 0 Å². The Bertz CT molecular complexity index is 311. The van der Waals surface area contributed by atoms with E-state index in [1.807, 2.05) is 0 Å². The molecule has 1 rings (SSSR count). The van der Waals surface area contributed by atoms with Crippen LogP contribution >= 0.6 is 15.2 Å². The lowest BCUT2D eigenvalue weighted by Crippen LogP contribution is -2.44. The lowest BCUT2D eigenvalue weighted by Gasteiger charge is -2.47. The average Bonchev–Trinajstić information content (AvgIpc) is 2.27. The van der Waals surface area contributed by atoms with E-state index in [4.69, 9.17) is 18.1 Å². The molecule has 1 saturated heterocycles. The Labute approximate surface area is 89.3 Å². The second-order valence-corrected chi connectivity index (χ2v) is 8.56. The Morgan fingerprint density at radius 3 is 2.13 bits per heavy atom. The van der Waals surface area contributed by atoms with Crippen LogP contribution in [0, 0.1) is 0 Å². The van der Waals surface area contributed by atoms with Gasteiger partial charge in [-0.15, -0.1) is 0 Å². The summed E-state index contributed by atoms with van der Waals surface area (Å²) in [5.74, 6) is 0. The fourth-order valence-electron chi connectivity index (χ4n) is 1.67. The van der Waals surface area contributed by atoms with E-state index in [2.05, 4.69) is 0 Å². The summed E-state index contributed by atoms with van der Waals surface area (Å²) >= 11 is 0. The molecule has 15 heavy (non-hydrogen) atoms. The Balaban J connectivity index is 3.18. The highest BCUT2D eigenvalue weighted by Crippen LogP contribution is 2.84. The van der Waals surface area contributed by atoms with Crippen molar-refractivity contribution in [1.29, 1.82) is 0 Å². The van der Waals surface area contributed by atoms with Gasteiger partial charge in [-0.2, -0.15) is 0 Å². The van der Waals surface area contributed by atoms with Crippen molar-refractivity contribution in [3.05, 3.63) is 0 Å². The molecule has 90 valence electrons. The van der Waals surface area contributed by atoms with Gasteiger partial charge in [-0.3, -0.25) is 9.13 Å². The zero-order valence-corrected chi connectivity index (χ0v) is 11.0. The van der Waals surface area contributed by atoms with E-state index in [0.717, 1.165) is 0 Å². The molecule has 0 aromatic heterocycles. The van der Waals surface area contributed by atoms with Gasteiger partial charge in [-0.1, -0.05) is 6.92 Å². The maximum absolute atomic E-state index is 12.3. The molecule has 0 spiro atoms. The molecule has 0 aromatic rings. The molecule has 0 aliphatic carbocycles. The molecule has 0 radical (unpaired) electrons. The first-order chi connectivity index (χ1) is 6.95. The van der Waals surface area contributed by atoms with Crippen molar-refractivity contribution >= 4 is 15.2 Å². The standard InChI is InChI=1S/C7H16O6P2/c1-5-7(14(8,10-2)11-3)6-13-15(7,9)12-4/h5-6H2,1-4H3. The molecule has 0 bridgehead atoms. The topological polar surface area (TPSA) is 71.1 Å². The summed E-state index contributed by atoms with van der Waals surface area (Å²) in [7, 11) is -3.06. The van der Waals surface area contributed by atoms with Gasteiger partial charge in [0, 0.05) is 21.3 Å². The van der Waals surface area contributed by atoms with E-state index < -0.39 is 20.1 Å². The lowest BCUT2D eigenvalue weighted by molar-refractivity contribution is 0.121. The van der Waals surface area contributed by atoms with Crippen LogP contribution in [0.25, 0.3) is 0 Å². The van der Waals surface area contributed by atoms with Crippen LogP contribution in [-0.2, 0) is 27.2 Å². The predicted octanol–water partition coefficient (Wildman–Crippen LogP) is 2.45. The zero-order chi connectivity index (χ0) is 11.7. The minimum absolute atomic E-state index is 0.0631. The molecule has 1 fully saturated rings. The minimum Gasteiger partial charge on any atom is -0.311 e. The summed E-state index contributed by atoms with van der Waals surface area (Å²) in [6, 6.07) is 0. The van der Waals surface area contributed by atoms with Gasteiger partial charge in [0.05, 0.1) is 6.61 Å². The second kappa shape index (κ2) is 4.28. The summed E-state index contributed by atoms with van der Waals surface area (Å²) in [6.45, 7) is 1.81. The van der Waals surface area contributed by atoms with Crippen molar-refractivity contribution < 1.29 is 27.2 Å². The zero-order valence-electron chi connectivity index (χ0n) is 9.26. The monoisotopic (exact) mass is 258 g/mol. The summed E-state index contributed by atoms with van der Waals surface area (Å²) < 4.78 is 43.9. The summed E-state index contributed by atoms with van der Waals surface area (Å²) in [4.78, 5) is -1.15. The maximum atomic E-state index is 12.3. The third-order valence-corrected chi connectivity index (χ3v) is 9.08. The molecule has 0 N–H and O–H groups in total. The normalized spacial score (nSPS) is 36.3. The average molecular weight is 258 g/mol. The van der Waals surface area contributed by atoms with Crippen molar-refractivity contribution in [3.63, 3.8) is 0 Å². The van der Waals surface area contributed by atoms with Crippen molar-refractivity contribution in [2.24, 2.45) is 0 Å². The largest absolute Gasteiger partial charge is 0.351 e. The molecule has 1 heterocycles. The summed E-state index contributed by atoms with van der Waals surface area (Å²) in [5.41, 5.74) is 0.